The lowest BCUT2D eigenvalue weighted by Gasteiger charge is -2.24. The highest BCUT2D eigenvalue weighted by Crippen LogP contribution is 2.24. The third kappa shape index (κ3) is 4.44. The van der Waals surface area contributed by atoms with Gasteiger partial charge in [0, 0.05) is 12.6 Å². The first-order valence-corrected chi connectivity index (χ1v) is 7.93. The lowest BCUT2D eigenvalue weighted by molar-refractivity contribution is 0.436. The van der Waals surface area contributed by atoms with Gasteiger partial charge < -0.3 is 5.32 Å². The Morgan fingerprint density at radius 1 is 0.810 bits per heavy atom. The fraction of sp³-hybridized carbons (Fsp3) is 0.400. The molecule has 0 saturated heterocycles. The molecule has 0 aromatic heterocycles. The highest BCUT2D eigenvalue weighted by Gasteiger charge is 2.16. The van der Waals surface area contributed by atoms with Gasteiger partial charge in [0.1, 0.15) is 0 Å². The van der Waals surface area contributed by atoms with Gasteiger partial charge in [0.25, 0.3) is 0 Å². The van der Waals surface area contributed by atoms with Gasteiger partial charge in [0.2, 0.25) is 0 Å². The summed E-state index contributed by atoms with van der Waals surface area (Å²) < 4.78 is 0. The van der Waals surface area contributed by atoms with Crippen LogP contribution in [-0.2, 0) is 0 Å². The van der Waals surface area contributed by atoms with E-state index in [2.05, 4.69) is 87.6 Å². The predicted octanol–water partition coefficient (Wildman–Crippen LogP) is 5.09. The number of aryl methyl sites for hydroxylation is 1. The number of hydrogen-bond acceptors (Lipinski definition) is 1. The first-order valence-electron chi connectivity index (χ1n) is 7.93. The first-order chi connectivity index (χ1) is 10.1. The van der Waals surface area contributed by atoms with Crippen molar-refractivity contribution in [1.29, 1.82) is 0 Å². The number of hydrogen-bond donors (Lipinski definition) is 1. The Bertz CT molecular complexity index is 528. The molecule has 0 radical (unpaired) electrons. The van der Waals surface area contributed by atoms with Crippen molar-refractivity contribution in [3.05, 3.63) is 71.3 Å². The molecule has 1 N–H and O–H groups in total. The maximum atomic E-state index is 3.70. The summed E-state index contributed by atoms with van der Waals surface area (Å²) in [5.41, 5.74) is 4.10. The molecule has 0 spiro atoms. The van der Waals surface area contributed by atoms with Gasteiger partial charge in [-0.15, -0.1) is 0 Å². The van der Waals surface area contributed by atoms with Crippen LogP contribution in [0.25, 0.3) is 0 Å². The Hall–Kier alpha value is -1.60. The second kappa shape index (κ2) is 7.42. The highest BCUT2D eigenvalue weighted by atomic mass is 14.9. The van der Waals surface area contributed by atoms with E-state index in [9.17, 15) is 0 Å². The van der Waals surface area contributed by atoms with E-state index in [-0.39, 0.29) is 0 Å². The molecule has 0 fully saturated rings. The summed E-state index contributed by atoms with van der Waals surface area (Å²) in [5.74, 6) is 1.18. The van der Waals surface area contributed by atoms with Gasteiger partial charge in [-0.1, -0.05) is 74.0 Å². The summed E-state index contributed by atoms with van der Waals surface area (Å²) in [5, 5.41) is 3.70. The van der Waals surface area contributed by atoms with Gasteiger partial charge in [-0.3, -0.25) is 0 Å². The summed E-state index contributed by atoms with van der Waals surface area (Å²) in [6.45, 7) is 9.99. The van der Waals surface area contributed by atoms with Crippen LogP contribution in [0, 0.1) is 12.8 Å². The molecule has 0 amide bonds. The van der Waals surface area contributed by atoms with Crippen molar-refractivity contribution in [2.45, 2.75) is 39.7 Å². The Kier molecular flexibility index (Phi) is 5.58. The molecule has 2 atom stereocenters. The van der Waals surface area contributed by atoms with Crippen LogP contribution < -0.4 is 5.32 Å². The number of benzene rings is 2. The quantitative estimate of drug-likeness (QED) is 0.778. The second-order valence-corrected chi connectivity index (χ2v) is 6.30. The molecule has 112 valence electrons. The molecule has 0 saturated carbocycles. The van der Waals surface area contributed by atoms with Crippen molar-refractivity contribution in [3.63, 3.8) is 0 Å². The van der Waals surface area contributed by atoms with Crippen LogP contribution in [0.1, 0.15) is 49.4 Å². The molecule has 0 heterocycles. The normalized spacial score (nSPS) is 14.1. The van der Waals surface area contributed by atoms with Crippen LogP contribution in [0.5, 0.6) is 0 Å². The van der Waals surface area contributed by atoms with Gasteiger partial charge in [-0.25, -0.2) is 0 Å². The molecule has 2 aromatic carbocycles. The van der Waals surface area contributed by atoms with Gasteiger partial charge in [0.05, 0.1) is 0 Å². The van der Waals surface area contributed by atoms with E-state index in [0.717, 1.165) is 6.54 Å². The average Bonchev–Trinajstić information content (AvgIpc) is 2.48. The molecule has 0 bridgehead atoms. The van der Waals surface area contributed by atoms with E-state index in [1.807, 2.05) is 0 Å². The largest absolute Gasteiger partial charge is 0.310 e. The van der Waals surface area contributed by atoms with Crippen molar-refractivity contribution in [2.75, 3.05) is 6.54 Å². The number of rotatable bonds is 6. The molecule has 2 aromatic rings. The van der Waals surface area contributed by atoms with Gasteiger partial charge >= 0.3 is 0 Å². The molecule has 0 aliphatic rings. The lowest BCUT2D eigenvalue weighted by atomic mass is 9.88. The fourth-order valence-electron chi connectivity index (χ4n) is 2.72. The average molecular weight is 281 g/mol. The van der Waals surface area contributed by atoms with E-state index < -0.39 is 0 Å². The first kappa shape index (κ1) is 15.8. The van der Waals surface area contributed by atoms with Crippen LogP contribution in [0.2, 0.25) is 0 Å². The molecular formula is C20H27N. The van der Waals surface area contributed by atoms with Gasteiger partial charge in [0.15, 0.2) is 0 Å². The minimum absolute atomic E-state index is 0.385. The second-order valence-electron chi connectivity index (χ2n) is 6.30. The minimum Gasteiger partial charge on any atom is -0.310 e. The van der Waals surface area contributed by atoms with E-state index >= 15 is 0 Å². The summed E-state index contributed by atoms with van der Waals surface area (Å²) in [6, 6.07) is 20.0. The SMILES string of the molecule is Cc1ccc([C@@H](C)NCC(c2ccccc2)C(C)C)cc1. The zero-order valence-electron chi connectivity index (χ0n) is 13.6. The fourth-order valence-corrected chi connectivity index (χ4v) is 2.72. The molecule has 0 aliphatic carbocycles. The van der Waals surface area contributed by atoms with Crippen LogP contribution in [0.3, 0.4) is 0 Å². The van der Waals surface area contributed by atoms with Crippen molar-refractivity contribution < 1.29 is 0 Å². The monoisotopic (exact) mass is 281 g/mol. The summed E-state index contributed by atoms with van der Waals surface area (Å²) in [7, 11) is 0. The standard InChI is InChI=1S/C20H27N/c1-15(2)20(19-8-6-5-7-9-19)14-21-17(4)18-12-10-16(3)11-13-18/h5-13,15,17,20-21H,14H2,1-4H3/t17-,20?/m1/s1. The Labute approximate surface area is 129 Å². The Morgan fingerprint density at radius 2 is 1.43 bits per heavy atom. The van der Waals surface area contributed by atoms with Crippen LogP contribution in [0.4, 0.5) is 0 Å². The third-order valence-corrected chi connectivity index (χ3v) is 4.25. The molecule has 0 aliphatic heterocycles. The van der Waals surface area contributed by atoms with Gasteiger partial charge in [-0.2, -0.15) is 0 Å². The Morgan fingerprint density at radius 3 is 2.00 bits per heavy atom. The summed E-state index contributed by atoms with van der Waals surface area (Å²) >= 11 is 0. The smallest absolute Gasteiger partial charge is 0.0292 e. The molecule has 2 rings (SSSR count). The maximum Gasteiger partial charge on any atom is 0.0292 e. The predicted molar refractivity (Wildman–Crippen MR) is 91.6 cm³/mol. The molecule has 1 nitrogen and oxygen atoms in total. The topological polar surface area (TPSA) is 12.0 Å². The zero-order valence-corrected chi connectivity index (χ0v) is 13.6. The third-order valence-electron chi connectivity index (χ3n) is 4.25. The van der Waals surface area contributed by atoms with E-state index in [1.165, 1.54) is 16.7 Å². The zero-order chi connectivity index (χ0) is 15.2. The van der Waals surface area contributed by atoms with E-state index in [1.54, 1.807) is 0 Å². The minimum atomic E-state index is 0.385. The van der Waals surface area contributed by atoms with Crippen molar-refractivity contribution in [1.82, 2.24) is 5.32 Å². The molecule has 1 heteroatoms. The highest BCUT2D eigenvalue weighted by molar-refractivity contribution is 5.24. The van der Waals surface area contributed by atoms with Crippen molar-refractivity contribution >= 4 is 0 Å². The molecule has 21 heavy (non-hydrogen) atoms. The molecular weight excluding hydrogens is 254 g/mol. The van der Waals surface area contributed by atoms with Crippen molar-refractivity contribution in [3.8, 4) is 0 Å². The lowest BCUT2D eigenvalue weighted by Crippen LogP contribution is -2.27. The van der Waals surface area contributed by atoms with Crippen LogP contribution in [0.15, 0.2) is 54.6 Å². The van der Waals surface area contributed by atoms with Crippen LogP contribution >= 0.6 is 0 Å². The van der Waals surface area contributed by atoms with E-state index in [4.69, 9.17) is 0 Å². The number of nitrogens with one attached hydrogen (secondary N) is 1. The van der Waals surface area contributed by atoms with Crippen LogP contribution in [-0.4, -0.2) is 6.54 Å². The van der Waals surface area contributed by atoms with Gasteiger partial charge in [-0.05, 0) is 36.8 Å². The summed E-state index contributed by atoms with van der Waals surface area (Å²) in [4.78, 5) is 0. The Balaban J connectivity index is 2.00. The summed E-state index contributed by atoms with van der Waals surface area (Å²) in [6.07, 6.45) is 0. The maximum absolute atomic E-state index is 3.70. The van der Waals surface area contributed by atoms with E-state index in [0.29, 0.717) is 17.9 Å². The molecule has 1 unspecified atom stereocenters. The van der Waals surface area contributed by atoms with Crippen molar-refractivity contribution in [2.24, 2.45) is 5.92 Å².